The fraction of sp³-hybridized carbons (Fsp3) is 0. The van der Waals surface area contributed by atoms with Crippen LogP contribution in [-0.4, -0.2) is 4.98 Å². The van der Waals surface area contributed by atoms with Gasteiger partial charge in [-0.3, -0.25) is 0 Å². The van der Waals surface area contributed by atoms with Gasteiger partial charge < -0.3 is 13.7 Å². The highest BCUT2D eigenvalue weighted by atomic mass is 16.4. The maximum Gasteiger partial charge on any atom is 0.227 e. The average Bonchev–Trinajstić information content (AvgIpc) is 3.81. The summed E-state index contributed by atoms with van der Waals surface area (Å²) < 4.78 is 12.7. The minimum Gasteiger partial charge on any atom is -0.456 e. The Bertz CT molecular complexity index is 2860. The second-order valence-electron chi connectivity index (χ2n) is 12.8. The van der Waals surface area contributed by atoms with E-state index in [0.717, 1.165) is 61.2 Å². The van der Waals surface area contributed by atoms with E-state index >= 15 is 0 Å². The lowest BCUT2D eigenvalue weighted by Crippen LogP contribution is -2.10. The topological polar surface area (TPSA) is 42.4 Å². The monoisotopic (exact) mass is 654 g/mol. The van der Waals surface area contributed by atoms with Crippen LogP contribution in [0.2, 0.25) is 0 Å². The van der Waals surface area contributed by atoms with E-state index in [1.165, 1.54) is 27.5 Å². The van der Waals surface area contributed by atoms with Crippen molar-refractivity contribution in [3.63, 3.8) is 0 Å². The number of nitrogens with zero attached hydrogens (tertiary/aromatic N) is 2. The Morgan fingerprint density at radius 2 is 1.04 bits per heavy atom. The number of hydrogen-bond acceptors (Lipinski definition) is 4. The standard InChI is InChI=1S/C47H30N2O2/c1-4-13-32(14-5-1)39-24-22-37(29-40(39)35-21-20-31-12-10-11-17-34(31)28-35)49(36-18-8-3-9-19-36)38-23-25-42-41(30-38)45-43(50-42)26-27-44-46(45)48-47(51-44)33-15-6-2-7-16-33/h1-30H. The van der Waals surface area contributed by atoms with Crippen LogP contribution in [0.4, 0.5) is 17.1 Å². The lowest BCUT2D eigenvalue weighted by molar-refractivity contribution is 0.619. The molecule has 51 heavy (non-hydrogen) atoms. The molecular weight excluding hydrogens is 625 g/mol. The van der Waals surface area contributed by atoms with Crippen LogP contribution in [0.3, 0.4) is 0 Å². The molecule has 0 aliphatic rings. The Morgan fingerprint density at radius 1 is 0.392 bits per heavy atom. The van der Waals surface area contributed by atoms with Gasteiger partial charge in [0.15, 0.2) is 5.58 Å². The minimum atomic E-state index is 0.592. The number of rotatable bonds is 6. The van der Waals surface area contributed by atoms with Crippen LogP contribution in [0.15, 0.2) is 191 Å². The van der Waals surface area contributed by atoms with Crippen LogP contribution < -0.4 is 4.90 Å². The second-order valence-corrected chi connectivity index (χ2v) is 12.8. The number of hydrogen-bond donors (Lipinski definition) is 0. The maximum absolute atomic E-state index is 6.40. The van der Waals surface area contributed by atoms with Crippen molar-refractivity contribution in [2.24, 2.45) is 0 Å². The summed E-state index contributed by atoms with van der Waals surface area (Å²) in [5.74, 6) is 0.592. The van der Waals surface area contributed by atoms with Crippen molar-refractivity contribution in [2.45, 2.75) is 0 Å². The molecule has 0 bridgehead atoms. The molecule has 2 aromatic heterocycles. The highest BCUT2D eigenvalue weighted by Crippen LogP contribution is 2.44. The van der Waals surface area contributed by atoms with Crippen LogP contribution >= 0.6 is 0 Å². The molecule has 0 unspecified atom stereocenters. The molecule has 0 N–H and O–H groups in total. The Labute approximate surface area is 294 Å². The molecule has 0 aliphatic carbocycles. The quantitative estimate of drug-likeness (QED) is 0.179. The van der Waals surface area contributed by atoms with Crippen LogP contribution in [-0.2, 0) is 0 Å². The van der Waals surface area contributed by atoms with Gasteiger partial charge in [-0.15, -0.1) is 0 Å². The zero-order chi connectivity index (χ0) is 33.7. The molecule has 0 spiro atoms. The van der Waals surface area contributed by atoms with Gasteiger partial charge in [-0.1, -0.05) is 109 Å². The van der Waals surface area contributed by atoms with E-state index in [1.54, 1.807) is 0 Å². The third-order valence-corrected chi connectivity index (χ3v) is 9.68. The van der Waals surface area contributed by atoms with Crippen LogP contribution in [0.1, 0.15) is 0 Å². The highest BCUT2D eigenvalue weighted by Gasteiger charge is 2.20. The number of aromatic nitrogens is 1. The minimum absolute atomic E-state index is 0.592. The van der Waals surface area contributed by atoms with Gasteiger partial charge in [-0.2, -0.15) is 0 Å². The second kappa shape index (κ2) is 11.9. The van der Waals surface area contributed by atoms with Crippen molar-refractivity contribution in [1.29, 1.82) is 0 Å². The Kier molecular flexibility index (Phi) is 6.78. The molecule has 0 radical (unpaired) electrons. The van der Waals surface area contributed by atoms with E-state index < -0.39 is 0 Å². The van der Waals surface area contributed by atoms with Gasteiger partial charge in [0, 0.05) is 28.0 Å². The lowest BCUT2D eigenvalue weighted by atomic mass is 9.92. The van der Waals surface area contributed by atoms with Gasteiger partial charge in [0.05, 0.1) is 5.39 Å². The van der Waals surface area contributed by atoms with E-state index in [1.807, 2.05) is 42.5 Å². The summed E-state index contributed by atoms with van der Waals surface area (Å²) in [5.41, 5.74) is 11.8. The van der Waals surface area contributed by atoms with Crippen molar-refractivity contribution in [2.75, 3.05) is 4.90 Å². The summed E-state index contributed by atoms with van der Waals surface area (Å²) in [6, 6.07) is 63.6. The Hall–Kier alpha value is -6.91. The van der Waals surface area contributed by atoms with Gasteiger partial charge in [0.25, 0.3) is 0 Å². The molecule has 0 aliphatic heterocycles. The molecule has 0 saturated carbocycles. The largest absolute Gasteiger partial charge is 0.456 e. The molecule has 8 aromatic carbocycles. The lowest BCUT2D eigenvalue weighted by Gasteiger charge is -2.27. The van der Waals surface area contributed by atoms with Crippen LogP contribution in [0.5, 0.6) is 0 Å². The molecule has 10 aromatic rings. The average molecular weight is 655 g/mol. The predicted molar refractivity (Wildman–Crippen MR) is 210 cm³/mol. The van der Waals surface area contributed by atoms with E-state index in [9.17, 15) is 0 Å². The molecule has 4 heteroatoms. The fourth-order valence-corrected chi connectivity index (χ4v) is 7.25. The van der Waals surface area contributed by atoms with E-state index in [2.05, 4.69) is 144 Å². The summed E-state index contributed by atoms with van der Waals surface area (Å²) in [6.45, 7) is 0. The Morgan fingerprint density at radius 3 is 1.84 bits per heavy atom. The van der Waals surface area contributed by atoms with E-state index in [-0.39, 0.29) is 0 Å². The first kappa shape index (κ1) is 29.0. The SMILES string of the molecule is c1ccc(-c2nc3c(ccc4oc5ccc(N(c6ccccc6)c6ccc(-c7ccccc7)c(-c7ccc8ccccc8c7)c6)cc5c43)o2)cc1. The number of para-hydroxylation sites is 1. The Balaban J connectivity index is 1.18. The summed E-state index contributed by atoms with van der Waals surface area (Å²) in [6.07, 6.45) is 0. The van der Waals surface area contributed by atoms with Crippen molar-refractivity contribution in [3.8, 4) is 33.7 Å². The maximum atomic E-state index is 6.40. The summed E-state index contributed by atoms with van der Waals surface area (Å²) in [5, 5.41) is 4.37. The third-order valence-electron chi connectivity index (χ3n) is 9.68. The predicted octanol–water partition coefficient (Wildman–Crippen LogP) is 13.4. The molecule has 0 amide bonds. The van der Waals surface area contributed by atoms with Gasteiger partial charge >= 0.3 is 0 Å². The van der Waals surface area contributed by atoms with E-state index in [0.29, 0.717) is 5.89 Å². The van der Waals surface area contributed by atoms with Crippen molar-refractivity contribution < 1.29 is 8.83 Å². The number of fused-ring (bicyclic) bond motifs is 6. The molecule has 0 atom stereocenters. The molecule has 4 nitrogen and oxygen atoms in total. The summed E-state index contributed by atoms with van der Waals surface area (Å²) in [4.78, 5) is 7.30. The van der Waals surface area contributed by atoms with Gasteiger partial charge in [0.1, 0.15) is 16.7 Å². The normalized spacial score (nSPS) is 11.5. The first-order valence-electron chi connectivity index (χ1n) is 17.1. The summed E-state index contributed by atoms with van der Waals surface area (Å²) >= 11 is 0. The van der Waals surface area contributed by atoms with Crippen molar-refractivity contribution in [3.05, 3.63) is 182 Å². The molecule has 0 fully saturated rings. The fourth-order valence-electron chi connectivity index (χ4n) is 7.25. The number of benzene rings is 8. The zero-order valence-corrected chi connectivity index (χ0v) is 27.5. The van der Waals surface area contributed by atoms with Crippen LogP contribution in [0, 0.1) is 0 Å². The molecule has 240 valence electrons. The molecular formula is C47H30N2O2. The van der Waals surface area contributed by atoms with E-state index in [4.69, 9.17) is 13.8 Å². The number of oxazole rings is 1. The van der Waals surface area contributed by atoms with Gasteiger partial charge in [-0.05, 0) is 106 Å². The zero-order valence-electron chi connectivity index (χ0n) is 27.5. The van der Waals surface area contributed by atoms with Gasteiger partial charge in [0.2, 0.25) is 5.89 Å². The smallest absolute Gasteiger partial charge is 0.227 e. The van der Waals surface area contributed by atoms with Crippen molar-refractivity contribution >= 4 is 60.9 Å². The van der Waals surface area contributed by atoms with Crippen molar-refractivity contribution in [1.82, 2.24) is 4.98 Å². The first-order valence-corrected chi connectivity index (χ1v) is 17.1. The number of furan rings is 1. The highest BCUT2D eigenvalue weighted by molar-refractivity contribution is 6.17. The van der Waals surface area contributed by atoms with Gasteiger partial charge in [-0.25, -0.2) is 4.98 Å². The third kappa shape index (κ3) is 5.04. The molecule has 10 rings (SSSR count). The molecule has 0 saturated heterocycles. The summed E-state index contributed by atoms with van der Waals surface area (Å²) in [7, 11) is 0. The first-order chi connectivity index (χ1) is 25.3. The molecule has 2 heterocycles. The van der Waals surface area contributed by atoms with Crippen LogP contribution in [0.25, 0.3) is 77.5 Å². The number of anilines is 3.